The van der Waals surface area contributed by atoms with Gasteiger partial charge in [0, 0.05) is 25.0 Å². The minimum absolute atomic E-state index is 0.141. The van der Waals surface area contributed by atoms with Crippen LogP contribution >= 0.6 is 11.3 Å². The number of nitrogens with one attached hydrogen (secondary N) is 2. The van der Waals surface area contributed by atoms with Gasteiger partial charge in [-0.05, 0) is 57.0 Å². The highest BCUT2D eigenvalue weighted by molar-refractivity contribution is 7.07. The number of carbonyl (C=O) groups excluding carboxylic acids is 1. The molecule has 1 amide bonds. The van der Waals surface area contributed by atoms with Crippen molar-refractivity contribution in [1.29, 1.82) is 5.26 Å². The number of nitrogens with zero attached hydrogens (tertiary/aromatic N) is 3. The third-order valence-electron chi connectivity index (χ3n) is 5.75. The van der Waals surface area contributed by atoms with E-state index in [1.807, 2.05) is 18.2 Å². The van der Waals surface area contributed by atoms with Crippen LogP contribution in [0, 0.1) is 11.3 Å². The van der Waals surface area contributed by atoms with Gasteiger partial charge in [0.1, 0.15) is 21.8 Å². The molecule has 0 aliphatic carbocycles. The Balaban J connectivity index is 1.82. The van der Waals surface area contributed by atoms with Crippen molar-refractivity contribution >= 4 is 34.4 Å². The topological polar surface area (TPSA) is 90.2 Å². The van der Waals surface area contributed by atoms with Crippen LogP contribution in [0.3, 0.4) is 0 Å². The minimum atomic E-state index is -4.61. The molecule has 0 atom stereocenters. The molecule has 3 rings (SSSR count). The fraction of sp³-hybridized carbons (Fsp3) is 0.423. The van der Waals surface area contributed by atoms with Gasteiger partial charge in [-0.15, -0.1) is 0 Å². The molecular weight excluding hydrogens is 503 g/mol. The van der Waals surface area contributed by atoms with E-state index in [9.17, 15) is 28.0 Å². The van der Waals surface area contributed by atoms with Crippen molar-refractivity contribution in [3.05, 3.63) is 61.2 Å². The van der Waals surface area contributed by atoms with E-state index < -0.39 is 29.8 Å². The second-order valence-electron chi connectivity index (χ2n) is 8.48. The zero-order chi connectivity index (χ0) is 26.8. The summed E-state index contributed by atoms with van der Waals surface area (Å²) in [4.78, 5) is 27.2. The maximum absolute atomic E-state index is 12.7. The first-order valence-electron chi connectivity index (χ1n) is 12.0. The zero-order valence-electron chi connectivity index (χ0n) is 20.5. The number of likely N-dealkylation sites (tertiary alicyclic amines) is 1. The van der Waals surface area contributed by atoms with Crippen LogP contribution < -0.4 is 25.4 Å². The number of amides is 1. The van der Waals surface area contributed by atoms with Crippen LogP contribution in [0.2, 0.25) is 0 Å². The van der Waals surface area contributed by atoms with Crippen LogP contribution in [0.15, 0.2) is 40.8 Å². The highest BCUT2D eigenvalue weighted by Crippen LogP contribution is 2.14. The highest BCUT2D eigenvalue weighted by Gasteiger charge is 2.28. The molecule has 1 aliphatic heterocycles. The largest absolute Gasteiger partial charge is 0.405 e. The smallest absolute Gasteiger partial charge is 0.355 e. The molecule has 2 heterocycles. The first kappa shape index (κ1) is 28.0. The number of thiazole rings is 1. The van der Waals surface area contributed by atoms with Crippen LogP contribution in [0.1, 0.15) is 31.7 Å². The molecule has 1 aliphatic rings. The number of aromatic nitrogens is 1. The van der Waals surface area contributed by atoms with Crippen molar-refractivity contribution in [3.8, 4) is 6.07 Å². The molecule has 0 unspecified atom stereocenters. The fourth-order valence-corrected chi connectivity index (χ4v) is 4.85. The number of halogens is 3. The summed E-state index contributed by atoms with van der Waals surface area (Å²) in [6.45, 7) is 3.65. The van der Waals surface area contributed by atoms with Gasteiger partial charge in [0.25, 0.3) is 11.5 Å². The lowest BCUT2D eigenvalue weighted by atomic mass is 10.1. The monoisotopic (exact) mass is 531 g/mol. The molecule has 196 valence electrons. The minimum Gasteiger partial charge on any atom is -0.355 e. The van der Waals surface area contributed by atoms with Gasteiger partial charge in [-0.1, -0.05) is 41.4 Å². The third kappa shape index (κ3) is 8.52. The van der Waals surface area contributed by atoms with Gasteiger partial charge >= 0.3 is 6.18 Å². The Bertz CT molecular complexity index is 1400. The number of hydrogen-bond acceptors (Lipinski definition) is 6. The lowest BCUT2D eigenvalue weighted by Gasteiger charge is -2.26. The van der Waals surface area contributed by atoms with Gasteiger partial charge in [0.2, 0.25) is 0 Å². The number of benzene rings is 1. The maximum Gasteiger partial charge on any atom is 0.405 e. The van der Waals surface area contributed by atoms with Crippen molar-refractivity contribution in [2.45, 2.75) is 45.3 Å². The Labute approximate surface area is 216 Å². The fourth-order valence-electron chi connectivity index (χ4n) is 3.86. The Morgan fingerprint density at radius 2 is 2.00 bits per heavy atom. The van der Waals surface area contributed by atoms with Crippen LogP contribution in [-0.2, 0) is 17.8 Å². The molecule has 11 heteroatoms. The summed E-state index contributed by atoms with van der Waals surface area (Å²) >= 11 is 0.935. The van der Waals surface area contributed by atoms with Crippen molar-refractivity contribution in [3.63, 3.8) is 0 Å². The Kier molecular flexibility index (Phi) is 9.95. The number of nitriles is 1. The van der Waals surface area contributed by atoms with E-state index in [1.165, 1.54) is 35.6 Å². The maximum atomic E-state index is 12.7. The molecule has 7 nitrogen and oxygen atoms in total. The molecule has 1 aromatic heterocycles. The molecule has 2 N–H and O–H groups in total. The van der Waals surface area contributed by atoms with Crippen LogP contribution in [0.4, 0.5) is 18.9 Å². The summed E-state index contributed by atoms with van der Waals surface area (Å²) in [7, 11) is 0. The van der Waals surface area contributed by atoms with E-state index in [0.29, 0.717) is 0 Å². The van der Waals surface area contributed by atoms with Gasteiger partial charge < -0.3 is 15.5 Å². The van der Waals surface area contributed by atoms with Gasteiger partial charge in [-0.2, -0.15) is 18.4 Å². The van der Waals surface area contributed by atoms with E-state index in [1.54, 1.807) is 18.3 Å². The van der Waals surface area contributed by atoms with Gasteiger partial charge in [0.05, 0.1) is 0 Å². The van der Waals surface area contributed by atoms with E-state index in [2.05, 4.69) is 27.7 Å². The average molecular weight is 532 g/mol. The van der Waals surface area contributed by atoms with E-state index >= 15 is 0 Å². The summed E-state index contributed by atoms with van der Waals surface area (Å²) in [6, 6.07) is 9.53. The Morgan fingerprint density at radius 1 is 1.24 bits per heavy atom. The molecule has 2 aromatic rings. The summed E-state index contributed by atoms with van der Waals surface area (Å²) in [5, 5.41) is 14.0. The lowest BCUT2D eigenvalue weighted by Crippen LogP contribution is -2.34. The molecule has 0 radical (unpaired) electrons. The van der Waals surface area contributed by atoms with E-state index in [4.69, 9.17) is 0 Å². The second-order valence-corrected chi connectivity index (χ2v) is 9.48. The summed E-state index contributed by atoms with van der Waals surface area (Å²) in [5.74, 6) is -1.22. The van der Waals surface area contributed by atoms with Crippen LogP contribution in [0.5, 0.6) is 0 Å². The molecule has 1 fully saturated rings. The molecule has 0 bridgehead atoms. The molecule has 37 heavy (non-hydrogen) atoms. The Morgan fingerprint density at radius 3 is 2.68 bits per heavy atom. The van der Waals surface area contributed by atoms with Gasteiger partial charge in [-0.3, -0.25) is 14.2 Å². The van der Waals surface area contributed by atoms with Crippen LogP contribution in [0.25, 0.3) is 11.5 Å². The summed E-state index contributed by atoms with van der Waals surface area (Å²) in [6.07, 6.45) is 1.65. The zero-order valence-corrected chi connectivity index (χ0v) is 21.3. The van der Waals surface area contributed by atoms with Crippen molar-refractivity contribution in [2.75, 3.05) is 31.5 Å². The van der Waals surface area contributed by atoms with Crippen molar-refractivity contribution in [1.82, 2.24) is 14.8 Å². The van der Waals surface area contributed by atoms with E-state index in [-0.39, 0.29) is 15.7 Å². The van der Waals surface area contributed by atoms with Crippen molar-refractivity contribution in [2.24, 2.45) is 0 Å². The highest BCUT2D eigenvalue weighted by atomic mass is 32.1. The number of hydrogen-bond donors (Lipinski definition) is 2. The summed E-state index contributed by atoms with van der Waals surface area (Å²) in [5.41, 5.74) is 6.35. The molecule has 0 saturated carbocycles. The quantitative estimate of drug-likeness (QED) is 0.404. The number of alkyl halides is 3. The van der Waals surface area contributed by atoms with Gasteiger partial charge in [0.15, 0.2) is 5.57 Å². The normalized spacial score (nSPS) is 13.7. The predicted octanol–water partition coefficient (Wildman–Crippen LogP) is 2.47. The standard InChI is InChI=1S/C26H28F3N5O2S/c1-2-34-23(16-20(17-30)24(35)32-18-26(27,28)29)37-22(25(34)36)9-11-31-21-8-6-7-19(15-21)10-14-33-12-4-3-5-13-33/h6-8,11,15,31H,2-5,10,12-14,18H2,1H3,(H,32,35). The van der Waals surface area contributed by atoms with Crippen molar-refractivity contribution < 1.29 is 18.0 Å². The number of rotatable bonds is 8. The summed E-state index contributed by atoms with van der Waals surface area (Å²) < 4.78 is 38.7. The number of carbonyl (C=O) groups is 1. The Hall–Kier alpha value is -3.54. The number of anilines is 1. The lowest BCUT2D eigenvalue weighted by molar-refractivity contribution is -0.136. The second kappa shape index (κ2) is 13.1. The third-order valence-corrected chi connectivity index (χ3v) is 6.77. The first-order valence-corrected chi connectivity index (χ1v) is 12.8. The predicted molar refractivity (Wildman–Crippen MR) is 137 cm³/mol. The number of piperidine rings is 1. The molecule has 0 spiro atoms. The van der Waals surface area contributed by atoms with Crippen LogP contribution in [-0.4, -0.2) is 47.7 Å². The first-order chi connectivity index (χ1) is 17.7. The van der Waals surface area contributed by atoms with E-state index in [0.717, 1.165) is 43.1 Å². The molecular formula is C26H28F3N5O2S. The molecule has 1 saturated heterocycles. The van der Waals surface area contributed by atoms with Gasteiger partial charge in [-0.25, -0.2) is 0 Å². The molecule has 1 aromatic carbocycles. The average Bonchev–Trinajstić information content (AvgIpc) is 3.18. The SMILES string of the molecule is CCn1c(=C=C(C#N)C(=O)NCC(F)(F)F)sc(=C=CNc2cccc(CCN3CCCCC3)c2)c1=O.